The molecule has 2 heterocycles. The first kappa shape index (κ1) is 21.0. The molecule has 2 aliphatic rings. The molecule has 24 heavy (non-hydrogen) atoms. The zero-order valence-electron chi connectivity index (χ0n) is 14.7. The molecule has 2 aliphatic heterocycles. The highest BCUT2D eigenvalue weighted by atomic mass is 127. The van der Waals surface area contributed by atoms with Gasteiger partial charge in [-0.1, -0.05) is 0 Å². The summed E-state index contributed by atoms with van der Waals surface area (Å²) in [5, 5.41) is 5.87. The molecular weight excluding hydrogens is 421 g/mol. The number of aliphatic imine (C=N–C) groups is 1. The van der Waals surface area contributed by atoms with Crippen LogP contribution in [0.4, 0.5) is 0 Å². The maximum atomic E-state index is 12.1. The first-order valence-corrected chi connectivity index (χ1v) is 8.58. The lowest BCUT2D eigenvalue weighted by atomic mass is 9.93. The third kappa shape index (κ3) is 6.10. The van der Waals surface area contributed by atoms with Gasteiger partial charge >= 0.3 is 0 Å². The van der Waals surface area contributed by atoms with Crippen LogP contribution in [0.5, 0.6) is 0 Å². The van der Waals surface area contributed by atoms with E-state index in [0.29, 0.717) is 18.9 Å². The standard InChI is InChI=1S/C16H29N5O2.HI/c1-17-14(22)11-13-5-9-21(10-6-13)16(18-2)19-12-15(23)20-7-3-4-8-20;/h13H,3-12H2,1-2H3,(H,17,22)(H,18,19);1H. The second-order valence-electron chi connectivity index (χ2n) is 6.30. The Morgan fingerprint density at radius 2 is 1.71 bits per heavy atom. The van der Waals surface area contributed by atoms with Crippen LogP contribution in [0, 0.1) is 5.92 Å². The second kappa shape index (κ2) is 10.7. The number of nitrogens with one attached hydrogen (secondary N) is 2. The largest absolute Gasteiger partial charge is 0.359 e. The van der Waals surface area contributed by atoms with E-state index in [1.165, 1.54) is 0 Å². The number of hydrogen-bond acceptors (Lipinski definition) is 3. The number of piperidine rings is 1. The number of rotatable bonds is 4. The minimum Gasteiger partial charge on any atom is -0.359 e. The van der Waals surface area contributed by atoms with Gasteiger partial charge in [-0.3, -0.25) is 14.6 Å². The van der Waals surface area contributed by atoms with E-state index in [1.807, 2.05) is 4.90 Å². The predicted octanol–water partition coefficient (Wildman–Crippen LogP) is 0.650. The minimum atomic E-state index is 0. The molecule has 0 saturated carbocycles. The smallest absolute Gasteiger partial charge is 0.241 e. The fourth-order valence-electron chi connectivity index (χ4n) is 3.28. The number of carbonyl (C=O) groups excluding carboxylic acids is 2. The molecule has 0 aromatic heterocycles. The van der Waals surface area contributed by atoms with Gasteiger partial charge in [-0.05, 0) is 31.6 Å². The molecule has 0 aliphatic carbocycles. The van der Waals surface area contributed by atoms with E-state index in [4.69, 9.17) is 0 Å². The summed E-state index contributed by atoms with van der Waals surface area (Å²) in [5.41, 5.74) is 0. The third-order valence-electron chi connectivity index (χ3n) is 4.74. The predicted molar refractivity (Wildman–Crippen MR) is 106 cm³/mol. The van der Waals surface area contributed by atoms with Gasteiger partial charge in [0.15, 0.2) is 5.96 Å². The summed E-state index contributed by atoms with van der Waals surface area (Å²) >= 11 is 0. The summed E-state index contributed by atoms with van der Waals surface area (Å²) < 4.78 is 0. The van der Waals surface area contributed by atoms with Gasteiger partial charge in [-0.25, -0.2) is 0 Å². The van der Waals surface area contributed by atoms with Gasteiger partial charge in [-0.2, -0.15) is 0 Å². The van der Waals surface area contributed by atoms with Crippen LogP contribution in [0.15, 0.2) is 4.99 Å². The van der Waals surface area contributed by atoms with Crippen molar-refractivity contribution in [1.82, 2.24) is 20.4 Å². The molecule has 0 bridgehead atoms. The van der Waals surface area contributed by atoms with Crippen LogP contribution in [0.25, 0.3) is 0 Å². The van der Waals surface area contributed by atoms with Gasteiger partial charge in [0.25, 0.3) is 0 Å². The second-order valence-corrected chi connectivity index (χ2v) is 6.30. The normalized spacial score (nSPS) is 19.0. The molecule has 138 valence electrons. The van der Waals surface area contributed by atoms with Crippen LogP contribution in [-0.2, 0) is 9.59 Å². The SMILES string of the molecule is CN=C(NCC(=O)N1CCCC1)N1CCC(CC(=O)NC)CC1.I. The van der Waals surface area contributed by atoms with Gasteiger partial charge in [0, 0.05) is 46.7 Å². The number of guanidine groups is 1. The summed E-state index contributed by atoms with van der Waals surface area (Å²) in [6, 6.07) is 0. The lowest BCUT2D eigenvalue weighted by molar-refractivity contribution is -0.129. The highest BCUT2D eigenvalue weighted by Crippen LogP contribution is 2.20. The average Bonchev–Trinajstić information content (AvgIpc) is 3.11. The van der Waals surface area contributed by atoms with E-state index in [9.17, 15) is 9.59 Å². The van der Waals surface area contributed by atoms with Crippen molar-refractivity contribution in [2.24, 2.45) is 10.9 Å². The van der Waals surface area contributed by atoms with Gasteiger partial charge in [-0.15, -0.1) is 24.0 Å². The van der Waals surface area contributed by atoms with Crippen molar-refractivity contribution in [2.45, 2.75) is 32.1 Å². The number of likely N-dealkylation sites (tertiary alicyclic amines) is 2. The molecule has 7 nitrogen and oxygen atoms in total. The van der Waals surface area contributed by atoms with E-state index in [1.54, 1.807) is 14.1 Å². The highest BCUT2D eigenvalue weighted by Gasteiger charge is 2.24. The molecule has 0 unspecified atom stereocenters. The first-order valence-electron chi connectivity index (χ1n) is 8.58. The topological polar surface area (TPSA) is 77.0 Å². The number of carbonyl (C=O) groups is 2. The molecule has 8 heteroatoms. The van der Waals surface area contributed by atoms with Crippen LogP contribution in [0.1, 0.15) is 32.1 Å². The number of hydrogen-bond donors (Lipinski definition) is 2. The Hall–Kier alpha value is -1.06. The number of amides is 2. The van der Waals surface area contributed by atoms with Gasteiger partial charge in [0.1, 0.15) is 0 Å². The van der Waals surface area contributed by atoms with E-state index in [0.717, 1.165) is 57.8 Å². The molecule has 0 aromatic rings. The Balaban J connectivity index is 0.00000288. The molecule has 2 rings (SSSR count). The summed E-state index contributed by atoms with van der Waals surface area (Å²) in [7, 11) is 3.43. The zero-order valence-corrected chi connectivity index (χ0v) is 17.0. The summed E-state index contributed by atoms with van der Waals surface area (Å²) in [6.45, 7) is 3.82. The lowest BCUT2D eigenvalue weighted by Gasteiger charge is -2.34. The van der Waals surface area contributed by atoms with Crippen molar-refractivity contribution in [1.29, 1.82) is 0 Å². The molecule has 0 atom stereocenters. The molecule has 0 aromatic carbocycles. The molecule has 0 spiro atoms. The maximum absolute atomic E-state index is 12.1. The molecule has 2 fully saturated rings. The van der Waals surface area contributed by atoms with Gasteiger partial charge in [0.2, 0.25) is 11.8 Å². The van der Waals surface area contributed by atoms with Crippen LogP contribution in [0.3, 0.4) is 0 Å². The summed E-state index contributed by atoms with van der Waals surface area (Å²) in [4.78, 5) is 31.9. The van der Waals surface area contributed by atoms with Crippen LogP contribution >= 0.6 is 24.0 Å². The van der Waals surface area contributed by atoms with Crippen LogP contribution in [0.2, 0.25) is 0 Å². The molecule has 0 radical (unpaired) electrons. The number of halogens is 1. The Morgan fingerprint density at radius 1 is 1.08 bits per heavy atom. The molecule has 2 saturated heterocycles. The van der Waals surface area contributed by atoms with E-state index in [2.05, 4.69) is 20.5 Å². The van der Waals surface area contributed by atoms with Crippen molar-refractivity contribution >= 4 is 41.8 Å². The van der Waals surface area contributed by atoms with Crippen LogP contribution in [-0.4, -0.2) is 74.4 Å². The van der Waals surface area contributed by atoms with Crippen LogP contribution < -0.4 is 10.6 Å². The zero-order chi connectivity index (χ0) is 16.7. The fourth-order valence-corrected chi connectivity index (χ4v) is 3.28. The monoisotopic (exact) mass is 451 g/mol. The summed E-state index contributed by atoms with van der Waals surface area (Å²) in [6.07, 6.45) is 4.78. The fraction of sp³-hybridized carbons (Fsp3) is 0.812. The van der Waals surface area contributed by atoms with Crippen molar-refractivity contribution < 1.29 is 9.59 Å². The summed E-state index contributed by atoms with van der Waals surface area (Å²) in [5.74, 6) is 1.49. The van der Waals surface area contributed by atoms with E-state index >= 15 is 0 Å². The van der Waals surface area contributed by atoms with E-state index < -0.39 is 0 Å². The minimum absolute atomic E-state index is 0. The van der Waals surface area contributed by atoms with Crippen molar-refractivity contribution in [3.63, 3.8) is 0 Å². The van der Waals surface area contributed by atoms with Crippen molar-refractivity contribution in [3.8, 4) is 0 Å². The Kier molecular flexibility index (Phi) is 9.38. The Morgan fingerprint density at radius 3 is 2.25 bits per heavy atom. The maximum Gasteiger partial charge on any atom is 0.241 e. The van der Waals surface area contributed by atoms with E-state index in [-0.39, 0.29) is 35.8 Å². The first-order chi connectivity index (χ1) is 11.1. The highest BCUT2D eigenvalue weighted by molar-refractivity contribution is 14.0. The molecule has 2 amide bonds. The Bertz CT molecular complexity index is 444. The third-order valence-corrected chi connectivity index (χ3v) is 4.74. The van der Waals surface area contributed by atoms with Crippen molar-refractivity contribution in [3.05, 3.63) is 0 Å². The van der Waals surface area contributed by atoms with Crippen molar-refractivity contribution in [2.75, 3.05) is 46.8 Å². The quantitative estimate of drug-likeness (QED) is 0.374. The number of nitrogens with zero attached hydrogens (tertiary/aromatic N) is 3. The Labute approximate surface area is 161 Å². The molecule has 2 N–H and O–H groups in total. The lowest BCUT2D eigenvalue weighted by Crippen LogP contribution is -2.48. The molecular formula is C16H30IN5O2. The average molecular weight is 451 g/mol. The van der Waals surface area contributed by atoms with Gasteiger partial charge < -0.3 is 20.4 Å². The van der Waals surface area contributed by atoms with Gasteiger partial charge in [0.05, 0.1) is 6.54 Å².